The number of nitro benzene ring substituents is 1. The second-order valence-corrected chi connectivity index (χ2v) is 8.17. The zero-order chi connectivity index (χ0) is 26.3. The van der Waals surface area contributed by atoms with Crippen molar-refractivity contribution in [2.45, 2.75) is 53.1 Å². The van der Waals surface area contributed by atoms with Crippen LogP contribution in [0.25, 0.3) is 0 Å². The number of rotatable bonds is 8. The molecule has 0 radical (unpaired) electrons. The third-order valence-electron chi connectivity index (χ3n) is 4.66. The van der Waals surface area contributed by atoms with E-state index in [9.17, 15) is 24.5 Å². The molecule has 190 valence electrons. The maximum Gasteiger partial charge on any atom is 0.513 e. The Bertz CT molecular complexity index is 1070. The number of esters is 1. The van der Waals surface area contributed by atoms with Gasteiger partial charge in [0.05, 0.1) is 22.9 Å². The number of carbonyl (C=O) groups excluding carboxylic acids is 3. The number of nitrogens with one attached hydrogen (secondary N) is 1. The average Bonchev–Trinajstić information content (AvgIpc) is 2.75. The van der Waals surface area contributed by atoms with E-state index in [1.807, 2.05) is 0 Å². The highest BCUT2D eigenvalue weighted by molar-refractivity contribution is 5.67. The Kier molecular flexibility index (Phi) is 8.81. The monoisotopic (exact) mass is 492 g/mol. The van der Waals surface area contributed by atoms with Gasteiger partial charge >= 0.3 is 18.3 Å². The molecule has 0 aromatic heterocycles. The van der Waals surface area contributed by atoms with Gasteiger partial charge in [0.2, 0.25) is 0 Å². The van der Waals surface area contributed by atoms with Gasteiger partial charge in [-0.15, -0.1) is 0 Å². The summed E-state index contributed by atoms with van der Waals surface area (Å²) in [5.41, 5.74) is -0.207. The average molecular weight is 492 g/mol. The predicted octanol–water partition coefficient (Wildman–Crippen LogP) is 4.41. The predicted molar refractivity (Wildman–Crippen MR) is 121 cm³/mol. The molecule has 0 fully saturated rings. The van der Waals surface area contributed by atoms with Crippen molar-refractivity contribution in [3.63, 3.8) is 0 Å². The Morgan fingerprint density at radius 2 is 1.63 bits per heavy atom. The summed E-state index contributed by atoms with van der Waals surface area (Å²) in [5, 5.41) is 14.3. The summed E-state index contributed by atoms with van der Waals surface area (Å²) in [6.07, 6.45) is -2.12. The molecule has 0 aliphatic carbocycles. The van der Waals surface area contributed by atoms with Gasteiger partial charge in [0.15, 0.2) is 0 Å². The van der Waals surface area contributed by atoms with Gasteiger partial charge in [-0.2, -0.15) is 0 Å². The number of carbonyl (C=O) groups is 3. The second-order valence-electron chi connectivity index (χ2n) is 8.17. The zero-order valence-electron chi connectivity index (χ0n) is 20.3. The van der Waals surface area contributed by atoms with Crippen molar-refractivity contribution < 1.29 is 43.0 Å². The number of dihydropyridines is 1. The minimum absolute atomic E-state index is 0.00862. The molecule has 1 aliphatic heterocycles. The van der Waals surface area contributed by atoms with E-state index in [2.05, 4.69) is 5.32 Å². The lowest BCUT2D eigenvalue weighted by molar-refractivity contribution is -0.384. The summed E-state index contributed by atoms with van der Waals surface area (Å²) in [6.45, 7) is 8.93. The van der Waals surface area contributed by atoms with E-state index in [0.29, 0.717) is 17.0 Å². The van der Waals surface area contributed by atoms with Crippen molar-refractivity contribution >= 4 is 24.0 Å². The molecule has 1 N–H and O–H groups in total. The van der Waals surface area contributed by atoms with Crippen LogP contribution in [0.4, 0.5) is 15.3 Å². The number of hydrogen-bond donors (Lipinski definition) is 1. The molecular formula is C23H28N2O10. The van der Waals surface area contributed by atoms with Gasteiger partial charge in [0.25, 0.3) is 5.69 Å². The molecule has 35 heavy (non-hydrogen) atoms. The van der Waals surface area contributed by atoms with Crippen molar-refractivity contribution in [2.75, 3.05) is 13.2 Å². The number of non-ortho nitro benzene ring substituents is 1. The topological polar surface area (TPSA) is 153 Å². The normalized spacial score (nSPS) is 15.7. The van der Waals surface area contributed by atoms with Gasteiger partial charge in [-0.05, 0) is 40.2 Å². The van der Waals surface area contributed by atoms with Crippen LogP contribution in [0.3, 0.4) is 0 Å². The van der Waals surface area contributed by atoms with Crippen LogP contribution in [-0.4, -0.2) is 42.0 Å². The number of allylic oxidation sites excluding steroid dienone is 2. The van der Waals surface area contributed by atoms with Crippen molar-refractivity contribution in [3.05, 3.63) is 62.9 Å². The molecule has 0 bridgehead atoms. The molecular weight excluding hydrogens is 464 g/mol. The fourth-order valence-corrected chi connectivity index (χ4v) is 3.36. The van der Waals surface area contributed by atoms with Gasteiger partial charge in [0, 0.05) is 19.1 Å². The molecule has 2 rings (SSSR count). The summed E-state index contributed by atoms with van der Waals surface area (Å²) < 4.78 is 25.9. The van der Waals surface area contributed by atoms with Crippen LogP contribution in [0.1, 0.15) is 53.0 Å². The molecule has 0 amide bonds. The van der Waals surface area contributed by atoms with E-state index >= 15 is 0 Å². The van der Waals surface area contributed by atoms with Gasteiger partial charge < -0.3 is 29.0 Å². The minimum Gasteiger partial charge on any atom is -0.456 e. The standard InChI is InChI=1S/C23H28N2O10/c1-7-31-21(27)33-19-13(2)24-14(3)20(18(19)16-9-8-10-17(11-16)25(29)30)34-22(28)32-12-23(5,6)35-15(4)26/h8-11,18,24H,7,12H2,1-6H3. The summed E-state index contributed by atoms with van der Waals surface area (Å²) in [5.74, 6) is -1.55. The number of hydrogen-bond acceptors (Lipinski definition) is 11. The first kappa shape index (κ1) is 27.2. The zero-order valence-corrected chi connectivity index (χ0v) is 20.3. The largest absolute Gasteiger partial charge is 0.513 e. The lowest BCUT2D eigenvalue weighted by atomic mass is 9.90. The number of ether oxygens (including phenoxy) is 5. The van der Waals surface area contributed by atoms with Crippen molar-refractivity contribution in [3.8, 4) is 0 Å². The molecule has 1 aliphatic rings. The molecule has 0 saturated heterocycles. The quantitative estimate of drug-likeness (QED) is 0.237. The number of nitro groups is 1. The highest BCUT2D eigenvalue weighted by atomic mass is 16.7. The fraction of sp³-hybridized carbons (Fsp3) is 0.435. The molecule has 12 nitrogen and oxygen atoms in total. The number of nitrogens with zero attached hydrogens (tertiary/aromatic N) is 1. The van der Waals surface area contributed by atoms with Crippen LogP contribution < -0.4 is 5.32 Å². The Balaban J connectivity index is 2.41. The Morgan fingerprint density at radius 1 is 1.06 bits per heavy atom. The van der Waals surface area contributed by atoms with E-state index in [1.54, 1.807) is 40.7 Å². The highest BCUT2D eigenvalue weighted by Gasteiger charge is 2.36. The first-order valence-electron chi connectivity index (χ1n) is 10.7. The summed E-state index contributed by atoms with van der Waals surface area (Å²) in [7, 11) is 0. The first-order valence-corrected chi connectivity index (χ1v) is 10.7. The van der Waals surface area contributed by atoms with Crippen molar-refractivity contribution in [2.24, 2.45) is 0 Å². The highest BCUT2D eigenvalue weighted by Crippen LogP contribution is 2.40. The summed E-state index contributed by atoms with van der Waals surface area (Å²) >= 11 is 0. The Hall–Kier alpha value is -4.09. The first-order chi connectivity index (χ1) is 16.3. The molecule has 1 atom stereocenters. The third-order valence-corrected chi connectivity index (χ3v) is 4.66. The van der Waals surface area contributed by atoms with E-state index in [0.717, 1.165) is 0 Å². The van der Waals surface area contributed by atoms with E-state index in [1.165, 1.54) is 25.1 Å². The molecule has 12 heteroatoms. The molecule has 1 heterocycles. The molecule has 0 spiro atoms. The molecule has 1 aromatic rings. The van der Waals surface area contributed by atoms with Crippen LogP contribution in [0.5, 0.6) is 0 Å². The third kappa shape index (κ3) is 7.45. The van der Waals surface area contributed by atoms with Gasteiger partial charge in [-0.1, -0.05) is 12.1 Å². The SMILES string of the molecule is CCOC(=O)OC1=C(C)NC(C)=C(OC(=O)OCC(C)(C)OC(C)=O)C1c1cccc([N+](=O)[O-])c1. The van der Waals surface area contributed by atoms with Crippen LogP contribution >= 0.6 is 0 Å². The van der Waals surface area contributed by atoms with Crippen LogP contribution in [0, 0.1) is 10.1 Å². The maximum absolute atomic E-state index is 12.6. The molecule has 1 unspecified atom stereocenters. The van der Waals surface area contributed by atoms with Gasteiger partial charge in [-0.3, -0.25) is 14.9 Å². The molecule has 1 aromatic carbocycles. The van der Waals surface area contributed by atoms with E-state index < -0.39 is 34.7 Å². The maximum atomic E-state index is 12.6. The van der Waals surface area contributed by atoms with E-state index in [-0.39, 0.29) is 30.4 Å². The fourth-order valence-electron chi connectivity index (χ4n) is 3.36. The van der Waals surface area contributed by atoms with Crippen LogP contribution in [0.15, 0.2) is 47.2 Å². The Labute approximate surface area is 202 Å². The smallest absolute Gasteiger partial charge is 0.456 e. The van der Waals surface area contributed by atoms with Crippen molar-refractivity contribution in [1.29, 1.82) is 0 Å². The Morgan fingerprint density at radius 3 is 2.14 bits per heavy atom. The van der Waals surface area contributed by atoms with Gasteiger partial charge in [0.1, 0.15) is 29.6 Å². The summed E-state index contributed by atoms with van der Waals surface area (Å²) in [6, 6.07) is 5.61. The lowest BCUT2D eigenvalue weighted by Crippen LogP contribution is -2.34. The lowest BCUT2D eigenvalue weighted by Gasteiger charge is -2.30. The minimum atomic E-state index is -1.12. The van der Waals surface area contributed by atoms with Gasteiger partial charge in [-0.25, -0.2) is 9.59 Å². The van der Waals surface area contributed by atoms with Crippen LogP contribution in [0.2, 0.25) is 0 Å². The molecule has 0 saturated carbocycles. The second kappa shape index (κ2) is 11.4. The summed E-state index contributed by atoms with van der Waals surface area (Å²) in [4.78, 5) is 46.7. The van der Waals surface area contributed by atoms with E-state index in [4.69, 9.17) is 23.7 Å². The number of benzene rings is 1. The van der Waals surface area contributed by atoms with Crippen molar-refractivity contribution in [1.82, 2.24) is 5.32 Å². The van der Waals surface area contributed by atoms with Crippen LogP contribution in [-0.2, 0) is 28.5 Å².